The van der Waals surface area contributed by atoms with Crippen LogP contribution in [0.3, 0.4) is 0 Å². The maximum Gasteiger partial charge on any atom is 0.223 e. The van der Waals surface area contributed by atoms with Crippen molar-refractivity contribution in [2.24, 2.45) is 0 Å². The molecule has 2 heterocycles. The third kappa shape index (κ3) is 5.84. The first-order valence-corrected chi connectivity index (χ1v) is 11.5. The molecular formula is C26H33N5O. The van der Waals surface area contributed by atoms with Crippen molar-refractivity contribution in [3.8, 4) is 17.0 Å². The molecule has 1 atom stereocenters. The fraction of sp³-hybridized carbons (Fsp3) is 0.385. The molecule has 4 rings (SSSR count). The lowest BCUT2D eigenvalue weighted by molar-refractivity contribution is 0.210. The van der Waals surface area contributed by atoms with E-state index in [2.05, 4.69) is 63.8 Å². The van der Waals surface area contributed by atoms with Crippen LogP contribution in [0.1, 0.15) is 24.5 Å². The molecule has 1 fully saturated rings. The van der Waals surface area contributed by atoms with Crippen LogP contribution in [0.15, 0.2) is 60.8 Å². The van der Waals surface area contributed by atoms with E-state index in [0.717, 1.165) is 56.2 Å². The molecule has 0 aliphatic carbocycles. The van der Waals surface area contributed by atoms with E-state index in [1.54, 1.807) is 7.11 Å². The van der Waals surface area contributed by atoms with E-state index in [1.807, 2.05) is 24.4 Å². The van der Waals surface area contributed by atoms with Crippen molar-refractivity contribution in [3.05, 3.63) is 71.9 Å². The van der Waals surface area contributed by atoms with Crippen LogP contribution in [0.5, 0.6) is 5.75 Å². The Morgan fingerprint density at radius 2 is 2.00 bits per heavy atom. The predicted molar refractivity (Wildman–Crippen MR) is 130 cm³/mol. The Bertz CT molecular complexity index is 1000. The van der Waals surface area contributed by atoms with Gasteiger partial charge in [0.2, 0.25) is 5.95 Å². The molecule has 168 valence electrons. The maximum absolute atomic E-state index is 5.30. The minimum absolute atomic E-state index is 0.628. The molecule has 0 radical (unpaired) electrons. The van der Waals surface area contributed by atoms with Gasteiger partial charge in [-0.1, -0.05) is 37.3 Å². The second-order valence-corrected chi connectivity index (χ2v) is 8.20. The lowest BCUT2D eigenvalue weighted by Crippen LogP contribution is -2.36. The summed E-state index contributed by atoms with van der Waals surface area (Å²) in [6.07, 6.45) is 3.93. The molecular weight excluding hydrogens is 398 g/mol. The summed E-state index contributed by atoms with van der Waals surface area (Å²) in [5, 5.41) is 6.83. The second-order valence-electron chi connectivity index (χ2n) is 8.20. The van der Waals surface area contributed by atoms with Crippen molar-refractivity contribution < 1.29 is 4.74 Å². The van der Waals surface area contributed by atoms with Gasteiger partial charge in [0.15, 0.2) is 0 Å². The van der Waals surface area contributed by atoms with E-state index in [9.17, 15) is 0 Å². The Balaban J connectivity index is 1.39. The molecule has 1 aliphatic rings. The van der Waals surface area contributed by atoms with Gasteiger partial charge in [-0.15, -0.1) is 0 Å². The number of anilines is 1. The number of likely N-dealkylation sites (N-methyl/N-ethyl adjacent to an activating group) is 1. The highest BCUT2D eigenvalue weighted by atomic mass is 16.5. The van der Waals surface area contributed by atoms with E-state index in [-0.39, 0.29) is 0 Å². The number of rotatable bonds is 10. The van der Waals surface area contributed by atoms with Gasteiger partial charge in [-0.25, -0.2) is 9.97 Å². The molecule has 6 nitrogen and oxygen atoms in total. The normalized spacial score (nSPS) is 15.8. The van der Waals surface area contributed by atoms with Crippen molar-refractivity contribution in [2.75, 3.05) is 38.6 Å². The topological polar surface area (TPSA) is 62.3 Å². The van der Waals surface area contributed by atoms with Gasteiger partial charge in [-0.3, -0.25) is 4.90 Å². The highest BCUT2D eigenvalue weighted by molar-refractivity contribution is 5.61. The first-order valence-electron chi connectivity index (χ1n) is 11.5. The molecule has 0 amide bonds. The fourth-order valence-electron chi connectivity index (χ4n) is 4.26. The summed E-state index contributed by atoms with van der Waals surface area (Å²) in [5.74, 6) is 1.54. The van der Waals surface area contributed by atoms with Crippen molar-refractivity contribution >= 4 is 5.95 Å². The molecule has 0 unspecified atom stereocenters. The number of aromatic nitrogens is 2. The van der Waals surface area contributed by atoms with E-state index < -0.39 is 0 Å². The lowest BCUT2D eigenvalue weighted by atomic mass is 10.1. The smallest absolute Gasteiger partial charge is 0.223 e. The summed E-state index contributed by atoms with van der Waals surface area (Å²) in [6.45, 7) is 7.24. The summed E-state index contributed by atoms with van der Waals surface area (Å²) in [7, 11) is 1.69. The number of hydrogen-bond acceptors (Lipinski definition) is 6. The molecule has 0 bridgehead atoms. The highest BCUT2D eigenvalue weighted by Crippen LogP contribution is 2.21. The SMILES string of the molecule is CCN(Cc1cccc(-c2ccnc(NCCc3cccc(OC)c3)n2)c1)[C@H]1CCNC1. The zero-order valence-electron chi connectivity index (χ0n) is 19.1. The minimum atomic E-state index is 0.628. The Kier molecular flexibility index (Phi) is 7.69. The third-order valence-corrected chi connectivity index (χ3v) is 6.05. The number of nitrogens with zero attached hydrogens (tertiary/aromatic N) is 3. The molecule has 6 heteroatoms. The Morgan fingerprint density at radius 3 is 2.81 bits per heavy atom. The summed E-state index contributed by atoms with van der Waals surface area (Å²) >= 11 is 0. The van der Waals surface area contributed by atoms with Gasteiger partial charge in [0.1, 0.15) is 5.75 Å². The van der Waals surface area contributed by atoms with Crippen molar-refractivity contribution in [3.63, 3.8) is 0 Å². The second kappa shape index (κ2) is 11.1. The largest absolute Gasteiger partial charge is 0.497 e. The standard InChI is InChI=1S/C26H33N5O/c1-3-31(23-11-13-27-18-23)19-21-7-4-8-22(16-21)25-12-15-29-26(30-25)28-14-10-20-6-5-9-24(17-20)32-2/h4-9,12,15-17,23,27H,3,10-11,13-14,18-19H2,1-2H3,(H,28,29,30)/t23-/m0/s1. The zero-order valence-corrected chi connectivity index (χ0v) is 19.1. The lowest BCUT2D eigenvalue weighted by Gasteiger charge is -2.27. The summed E-state index contributed by atoms with van der Waals surface area (Å²) in [5.41, 5.74) is 4.61. The number of ether oxygens (including phenoxy) is 1. The summed E-state index contributed by atoms with van der Waals surface area (Å²) in [6, 6.07) is 19.5. The highest BCUT2D eigenvalue weighted by Gasteiger charge is 2.21. The van der Waals surface area contributed by atoms with Crippen LogP contribution in [0.25, 0.3) is 11.3 Å². The molecule has 32 heavy (non-hydrogen) atoms. The van der Waals surface area contributed by atoms with Crippen LogP contribution in [-0.2, 0) is 13.0 Å². The zero-order chi connectivity index (χ0) is 22.2. The Hall–Kier alpha value is -2.96. The summed E-state index contributed by atoms with van der Waals surface area (Å²) in [4.78, 5) is 11.7. The minimum Gasteiger partial charge on any atom is -0.497 e. The predicted octanol–water partition coefficient (Wildman–Crippen LogP) is 3.99. The van der Waals surface area contributed by atoms with E-state index in [1.165, 1.54) is 17.5 Å². The first kappa shape index (κ1) is 22.2. The van der Waals surface area contributed by atoms with Gasteiger partial charge in [0.25, 0.3) is 0 Å². The monoisotopic (exact) mass is 431 g/mol. The van der Waals surface area contributed by atoms with E-state index in [0.29, 0.717) is 12.0 Å². The van der Waals surface area contributed by atoms with Gasteiger partial charge in [0.05, 0.1) is 12.8 Å². The van der Waals surface area contributed by atoms with Crippen LogP contribution < -0.4 is 15.4 Å². The quantitative estimate of drug-likeness (QED) is 0.506. The Labute approximate surface area is 191 Å². The van der Waals surface area contributed by atoms with Gasteiger partial charge in [0, 0.05) is 37.4 Å². The van der Waals surface area contributed by atoms with Crippen LogP contribution in [-0.4, -0.2) is 54.2 Å². The van der Waals surface area contributed by atoms with Crippen LogP contribution in [0, 0.1) is 0 Å². The molecule has 1 aliphatic heterocycles. The van der Waals surface area contributed by atoms with Crippen LogP contribution in [0.2, 0.25) is 0 Å². The molecule has 2 aromatic carbocycles. The molecule has 0 saturated carbocycles. The number of nitrogens with one attached hydrogen (secondary N) is 2. The maximum atomic E-state index is 5.30. The first-order chi connectivity index (χ1) is 15.7. The van der Waals surface area contributed by atoms with Gasteiger partial charge >= 0.3 is 0 Å². The molecule has 0 spiro atoms. The molecule has 3 aromatic rings. The molecule has 1 saturated heterocycles. The van der Waals surface area contributed by atoms with Gasteiger partial charge in [-0.05, 0) is 61.3 Å². The van der Waals surface area contributed by atoms with Crippen molar-refractivity contribution in [2.45, 2.75) is 32.4 Å². The van der Waals surface area contributed by atoms with Gasteiger partial charge < -0.3 is 15.4 Å². The van der Waals surface area contributed by atoms with Crippen LogP contribution in [0.4, 0.5) is 5.95 Å². The molecule has 2 N–H and O–H groups in total. The summed E-state index contributed by atoms with van der Waals surface area (Å²) < 4.78 is 5.30. The Morgan fingerprint density at radius 1 is 1.12 bits per heavy atom. The van der Waals surface area contributed by atoms with Gasteiger partial charge in [-0.2, -0.15) is 0 Å². The number of hydrogen-bond donors (Lipinski definition) is 2. The van der Waals surface area contributed by atoms with Crippen LogP contribution >= 0.6 is 0 Å². The third-order valence-electron chi connectivity index (χ3n) is 6.05. The van der Waals surface area contributed by atoms with E-state index >= 15 is 0 Å². The fourth-order valence-corrected chi connectivity index (χ4v) is 4.26. The van der Waals surface area contributed by atoms with Crippen molar-refractivity contribution in [1.82, 2.24) is 20.2 Å². The average Bonchev–Trinajstić information content (AvgIpc) is 3.38. The van der Waals surface area contributed by atoms with E-state index in [4.69, 9.17) is 9.72 Å². The van der Waals surface area contributed by atoms with Crippen molar-refractivity contribution in [1.29, 1.82) is 0 Å². The number of methoxy groups -OCH3 is 1. The average molecular weight is 432 g/mol. The number of benzene rings is 2. The molecule has 1 aromatic heterocycles.